The van der Waals surface area contributed by atoms with Crippen LogP contribution in [-0.4, -0.2) is 51.6 Å². The lowest BCUT2D eigenvalue weighted by Gasteiger charge is -2.21. The number of aromatic nitrogens is 3. The average molecular weight is 283 g/mol. The third kappa shape index (κ3) is 2.74. The maximum absolute atomic E-state index is 5.93. The van der Waals surface area contributed by atoms with Crippen LogP contribution >= 0.6 is 11.6 Å². The second-order valence-corrected chi connectivity index (χ2v) is 5.41. The molecule has 2 saturated heterocycles. The van der Waals surface area contributed by atoms with Crippen molar-refractivity contribution in [3.63, 3.8) is 0 Å². The van der Waals surface area contributed by atoms with E-state index in [9.17, 15) is 0 Å². The van der Waals surface area contributed by atoms with Crippen molar-refractivity contribution in [2.24, 2.45) is 0 Å². The van der Waals surface area contributed by atoms with Crippen LogP contribution in [0.2, 0.25) is 5.28 Å². The Labute approximate surface area is 118 Å². The van der Waals surface area contributed by atoms with Crippen molar-refractivity contribution >= 4 is 23.5 Å². The summed E-state index contributed by atoms with van der Waals surface area (Å²) in [4.78, 5) is 15.1. The Kier molecular flexibility index (Phi) is 3.70. The molecule has 0 aliphatic carbocycles. The Hall–Kier alpha value is -1.14. The standard InChI is InChI=1S/C12H19ClN6/c1-2-14-11-16-10(13)17-12(18-11)15-8-5-7-19-6-3-4-9(8)19/h8-9H,2-7H2,1H3,(H2,14,15,16,17,18). The van der Waals surface area contributed by atoms with Gasteiger partial charge >= 0.3 is 0 Å². The van der Waals surface area contributed by atoms with E-state index in [1.807, 2.05) is 6.92 Å². The largest absolute Gasteiger partial charge is 0.354 e. The van der Waals surface area contributed by atoms with Gasteiger partial charge in [0, 0.05) is 25.2 Å². The van der Waals surface area contributed by atoms with Crippen LogP contribution in [0, 0.1) is 0 Å². The minimum absolute atomic E-state index is 0.231. The molecule has 2 atom stereocenters. The molecule has 19 heavy (non-hydrogen) atoms. The Balaban J connectivity index is 1.72. The van der Waals surface area contributed by atoms with Gasteiger partial charge in [-0.25, -0.2) is 0 Å². The molecule has 0 spiro atoms. The van der Waals surface area contributed by atoms with Crippen LogP contribution in [0.15, 0.2) is 0 Å². The fraction of sp³-hybridized carbons (Fsp3) is 0.750. The van der Waals surface area contributed by atoms with Crippen molar-refractivity contribution in [3.8, 4) is 0 Å². The summed E-state index contributed by atoms with van der Waals surface area (Å²) in [5, 5.41) is 6.72. The van der Waals surface area contributed by atoms with Crippen LogP contribution in [0.3, 0.4) is 0 Å². The number of rotatable bonds is 4. The number of nitrogens with zero attached hydrogens (tertiary/aromatic N) is 4. The normalized spacial score (nSPS) is 26.4. The smallest absolute Gasteiger partial charge is 0.229 e. The monoisotopic (exact) mass is 282 g/mol. The van der Waals surface area contributed by atoms with E-state index in [4.69, 9.17) is 11.6 Å². The van der Waals surface area contributed by atoms with E-state index in [0.717, 1.165) is 13.0 Å². The van der Waals surface area contributed by atoms with E-state index >= 15 is 0 Å². The van der Waals surface area contributed by atoms with E-state index < -0.39 is 0 Å². The van der Waals surface area contributed by atoms with Gasteiger partial charge in [0.05, 0.1) is 0 Å². The first-order valence-electron chi connectivity index (χ1n) is 6.92. The van der Waals surface area contributed by atoms with Gasteiger partial charge in [-0.05, 0) is 44.3 Å². The molecule has 3 rings (SSSR count). The number of nitrogens with one attached hydrogen (secondary N) is 2. The van der Waals surface area contributed by atoms with Crippen molar-refractivity contribution in [2.75, 3.05) is 30.3 Å². The zero-order valence-electron chi connectivity index (χ0n) is 11.1. The Morgan fingerprint density at radius 3 is 2.89 bits per heavy atom. The van der Waals surface area contributed by atoms with Crippen molar-refractivity contribution in [1.29, 1.82) is 0 Å². The van der Waals surface area contributed by atoms with Crippen LogP contribution in [0.25, 0.3) is 0 Å². The van der Waals surface area contributed by atoms with Gasteiger partial charge in [-0.2, -0.15) is 15.0 Å². The van der Waals surface area contributed by atoms with Crippen LogP contribution in [0.1, 0.15) is 26.2 Å². The third-order valence-corrected chi connectivity index (χ3v) is 4.03. The van der Waals surface area contributed by atoms with E-state index in [1.165, 1.54) is 25.9 Å². The van der Waals surface area contributed by atoms with Gasteiger partial charge in [0.15, 0.2) is 0 Å². The molecule has 0 amide bonds. The summed E-state index contributed by atoms with van der Waals surface area (Å²) >= 11 is 5.93. The van der Waals surface area contributed by atoms with Crippen molar-refractivity contribution < 1.29 is 0 Å². The fourth-order valence-electron chi connectivity index (χ4n) is 3.07. The molecule has 0 bridgehead atoms. The van der Waals surface area contributed by atoms with Crippen LogP contribution in [-0.2, 0) is 0 Å². The summed E-state index contributed by atoms with van der Waals surface area (Å²) in [6.45, 7) is 5.16. The van der Waals surface area contributed by atoms with Gasteiger partial charge in [-0.1, -0.05) is 0 Å². The molecular weight excluding hydrogens is 264 g/mol. The first-order valence-corrected chi connectivity index (χ1v) is 7.30. The van der Waals surface area contributed by atoms with Crippen molar-refractivity contribution in [3.05, 3.63) is 5.28 Å². The van der Waals surface area contributed by atoms with Gasteiger partial charge < -0.3 is 10.6 Å². The minimum Gasteiger partial charge on any atom is -0.354 e. The Morgan fingerprint density at radius 1 is 1.21 bits per heavy atom. The highest BCUT2D eigenvalue weighted by Gasteiger charge is 2.37. The number of anilines is 2. The summed E-state index contributed by atoms with van der Waals surface area (Å²) in [5.41, 5.74) is 0. The summed E-state index contributed by atoms with van der Waals surface area (Å²) in [6, 6.07) is 1.05. The predicted molar refractivity (Wildman–Crippen MR) is 75.6 cm³/mol. The zero-order chi connectivity index (χ0) is 13.2. The lowest BCUT2D eigenvalue weighted by molar-refractivity contribution is 0.318. The van der Waals surface area contributed by atoms with Crippen molar-refractivity contribution in [2.45, 2.75) is 38.3 Å². The Morgan fingerprint density at radius 2 is 2.05 bits per heavy atom. The van der Waals surface area contributed by atoms with Crippen LogP contribution < -0.4 is 10.6 Å². The Bertz CT molecular complexity index is 454. The SMILES string of the molecule is CCNc1nc(Cl)nc(NC2CCN3CCCC23)n1. The predicted octanol–water partition coefficient (Wildman–Crippen LogP) is 1.61. The molecule has 1 aromatic heterocycles. The van der Waals surface area contributed by atoms with Gasteiger partial charge in [0.1, 0.15) is 0 Å². The third-order valence-electron chi connectivity index (χ3n) is 3.86. The number of hydrogen-bond acceptors (Lipinski definition) is 6. The molecule has 2 aliphatic rings. The van der Waals surface area contributed by atoms with Crippen LogP contribution in [0.4, 0.5) is 11.9 Å². The second kappa shape index (κ2) is 5.46. The highest BCUT2D eigenvalue weighted by molar-refractivity contribution is 6.28. The molecule has 7 heteroatoms. The molecule has 104 valence electrons. The van der Waals surface area contributed by atoms with Gasteiger partial charge in [0.2, 0.25) is 17.2 Å². The molecule has 0 aromatic carbocycles. The quantitative estimate of drug-likeness (QED) is 0.875. The molecule has 6 nitrogen and oxygen atoms in total. The molecule has 2 aliphatic heterocycles. The molecular formula is C12H19ClN6. The molecule has 2 unspecified atom stereocenters. The zero-order valence-corrected chi connectivity index (χ0v) is 11.8. The molecule has 1 aromatic rings. The lowest BCUT2D eigenvalue weighted by Crippen LogP contribution is -2.34. The van der Waals surface area contributed by atoms with Gasteiger partial charge in [0.25, 0.3) is 0 Å². The maximum Gasteiger partial charge on any atom is 0.229 e. The molecule has 2 N–H and O–H groups in total. The number of halogens is 1. The molecule has 0 saturated carbocycles. The van der Waals surface area contributed by atoms with Gasteiger partial charge in [-0.15, -0.1) is 0 Å². The minimum atomic E-state index is 0.231. The van der Waals surface area contributed by atoms with E-state index in [1.54, 1.807) is 0 Å². The second-order valence-electron chi connectivity index (χ2n) is 5.07. The first kappa shape index (κ1) is 12.9. The highest BCUT2D eigenvalue weighted by atomic mass is 35.5. The average Bonchev–Trinajstić information content (AvgIpc) is 2.94. The van der Waals surface area contributed by atoms with Crippen LogP contribution in [0.5, 0.6) is 0 Å². The summed E-state index contributed by atoms with van der Waals surface area (Å²) < 4.78 is 0. The topological polar surface area (TPSA) is 66.0 Å². The van der Waals surface area contributed by atoms with E-state index in [2.05, 4.69) is 30.5 Å². The van der Waals surface area contributed by atoms with Crippen molar-refractivity contribution in [1.82, 2.24) is 19.9 Å². The fourth-order valence-corrected chi connectivity index (χ4v) is 3.23. The number of fused-ring (bicyclic) bond motifs is 1. The summed E-state index contributed by atoms with van der Waals surface area (Å²) in [6.07, 6.45) is 3.70. The molecule has 0 radical (unpaired) electrons. The lowest BCUT2D eigenvalue weighted by atomic mass is 10.1. The van der Waals surface area contributed by atoms with E-state index in [-0.39, 0.29) is 5.28 Å². The highest BCUT2D eigenvalue weighted by Crippen LogP contribution is 2.29. The molecule has 3 heterocycles. The first-order chi connectivity index (χ1) is 9.26. The van der Waals surface area contributed by atoms with E-state index in [0.29, 0.717) is 24.0 Å². The maximum atomic E-state index is 5.93. The summed E-state index contributed by atoms with van der Waals surface area (Å²) in [5.74, 6) is 1.11. The summed E-state index contributed by atoms with van der Waals surface area (Å²) in [7, 11) is 0. The molecule has 2 fully saturated rings. The number of hydrogen-bond donors (Lipinski definition) is 2. The van der Waals surface area contributed by atoms with Gasteiger partial charge in [-0.3, -0.25) is 4.90 Å².